The third-order valence-corrected chi connectivity index (χ3v) is 6.29. The van der Waals surface area contributed by atoms with E-state index in [2.05, 4.69) is 25.8 Å². The minimum Gasteiger partial charge on any atom is -0.366 e. The molecule has 0 aliphatic heterocycles. The summed E-state index contributed by atoms with van der Waals surface area (Å²) in [6, 6.07) is 3.29. The highest BCUT2D eigenvalue weighted by Gasteiger charge is 2.34. The molecule has 2 amide bonds. The fourth-order valence-electron chi connectivity index (χ4n) is 3.54. The van der Waals surface area contributed by atoms with E-state index in [-0.39, 0.29) is 5.41 Å². The van der Waals surface area contributed by atoms with Crippen LogP contribution < -0.4 is 11.5 Å². The largest absolute Gasteiger partial charge is 0.366 e. The smallest absolute Gasteiger partial charge is 0.250 e. The van der Waals surface area contributed by atoms with Gasteiger partial charge in [-0.05, 0) is 48.3 Å². The average Bonchev–Trinajstić information content (AvgIpc) is 2.92. The summed E-state index contributed by atoms with van der Waals surface area (Å²) < 4.78 is 0. The Morgan fingerprint density at radius 3 is 2.56 bits per heavy atom. The Morgan fingerprint density at radius 2 is 1.96 bits per heavy atom. The normalized spacial score (nSPS) is 17.2. The van der Waals surface area contributed by atoms with Crippen molar-refractivity contribution in [1.82, 2.24) is 4.98 Å². The molecule has 2 aromatic heterocycles. The number of pyridine rings is 1. The van der Waals surface area contributed by atoms with Crippen molar-refractivity contribution < 1.29 is 9.59 Å². The molecule has 0 saturated heterocycles. The zero-order valence-corrected chi connectivity index (χ0v) is 15.6. The maximum Gasteiger partial charge on any atom is 0.250 e. The van der Waals surface area contributed by atoms with Crippen molar-refractivity contribution in [2.45, 2.75) is 40.0 Å². The Hall–Kier alpha value is -2.21. The van der Waals surface area contributed by atoms with E-state index in [0.29, 0.717) is 27.6 Å². The Bertz CT molecular complexity index is 849. The van der Waals surface area contributed by atoms with Gasteiger partial charge in [-0.25, -0.2) is 0 Å². The van der Waals surface area contributed by atoms with Crippen LogP contribution in [-0.2, 0) is 12.8 Å². The van der Waals surface area contributed by atoms with Crippen LogP contribution in [0.5, 0.6) is 0 Å². The summed E-state index contributed by atoms with van der Waals surface area (Å²) in [6.07, 6.45) is 4.37. The first-order valence-electron chi connectivity index (χ1n) is 8.39. The number of hydrogen-bond acceptors (Lipinski definition) is 4. The van der Waals surface area contributed by atoms with Crippen LogP contribution in [0.2, 0.25) is 0 Å². The molecule has 1 atom stereocenters. The van der Waals surface area contributed by atoms with Crippen molar-refractivity contribution >= 4 is 23.2 Å². The summed E-state index contributed by atoms with van der Waals surface area (Å²) in [5, 5.41) is 0. The van der Waals surface area contributed by atoms with Crippen LogP contribution >= 0.6 is 11.3 Å². The molecule has 0 aromatic carbocycles. The van der Waals surface area contributed by atoms with Gasteiger partial charge in [-0.2, -0.15) is 0 Å². The van der Waals surface area contributed by atoms with Crippen molar-refractivity contribution in [1.29, 1.82) is 0 Å². The van der Waals surface area contributed by atoms with Crippen molar-refractivity contribution in [3.63, 3.8) is 0 Å². The molecule has 2 aromatic rings. The predicted octanol–water partition coefficient (Wildman–Crippen LogP) is 3.16. The van der Waals surface area contributed by atoms with Gasteiger partial charge in [0.05, 0.1) is 21.7 Å². The first-order valence-corrected chi connectivity index (χ1v) is 9.21. The van der Waals surface area contributed by atoms with Gasteiger partial charge < -0.3 is 11.5 Å². The molecular formula is C19H23N3O2S. The third kappa shape index (κ3) is 3.18. The number of aromatic nitrogens is 1. The summed E-state index contributed by atoms with van der Waals surface area (Å²) in [4.78, 5) is 30.1. The van der Waals surface area contributed by atoms with Crippen LogP contribution in [-0.4, -0.2) is 16.8 Å². The fraction of sp³-hybridized carbons (Fsp3) is 0.421. The highest BCUT2D eigenvalue weighted by atomic mass is 32.1. The van der Waals surface area contributed by atoms with Gasteiger partial charge in [0.15, 0.2) is 0 Å². The van der Waals surface area contributed by atoms with E-state index in [1.807, 2.05) is 0 Å². The maximum absolute atomic E-state index is 12.2. The molecule has 0 saturated carbocycles. The summed E-state index contributed by atoms with van der Waals surface area (Å²) in [7, 11) is 0. The summed E-state index contributed by atoms with van der Waals surface area (Å²) in [6.45, 7) is 6.74. The molecular weight excluding hydrogens is 334 g/mol. The van der Waals surface area contributed by atoms with Gasteiger partial charge in [0.25, 0.3) is 11.8 Å². The van der Waals surface area contributed by atoms with Gasteiger partial charge in [0, 0.05) is 11.1 Å². The van der Waals surface area contributed by atoms with Gasteiger partial charge in [0.2, 0.25) is 0 Å². The molecule has 3 rings (SSSR count). The second-order valence-electron chi connectivity index (χ2n) is 7.64. The summed E-state index contributed by atoms with van der Waals surface area (Å²) in [5.41, 5.74) is 13.7. The first-order chi connectivity index (χ1) is 11.7. The van der Waals surface area contributed by atoms with Crippen molar-refractivity contribution in [2.24, 2.45) is 22.8 Å². The van der Waals surface area contributed by atoms with E-state index >= 15 is 0 Å². The van der Waals surface area contributed by atoms with E-state index < -0.39 is 11.8 Å². The summed E-state index contributed by atoms with van der Waals surface area (Å²) in [5.74, 6) is -0.480. The molecule has 1 aliphatic rings. The quantitative estimate of drug-likeness (QED) is 0.882. The standard InChI is InChI=1S/C19H23N3O2S/c1-19(2,3)10-6-7-11-13(9-10)25-16(14(11)18(21)24)15-12(17(20)23)5-4-8-22-15/h4-5,8,10H,6-7,9H2,1-3H3,(H2,20,23)(H2,21,24). The molecule has 2 heterocycles. The molecule has 0 fully saturated rings. The Balaban J connectivity index is 2.16. The zero-order chi connectivity index (χ0) is 18.4. The minimum atomic E-state index is -0.558. The second-order valence-corrected chi connectivity index (χ2v) is 8.75. The van der Waals surface area contributed by atoms with E-state index in [1.165, 1.54) is 16.2 Å². The van der Waals surface area contributed by atoms with Crippen molar-refractivity contribution in [2.75, 3.05) is 0 Å². The molecule has 0 radical (unpaired) electrons. The molecule has 6 heteroatoms. The number of fused-ring (bicyclic) bond motifs is 1. The molecule has 4 N–H and O–H groups in total. The maximum atomic E-state index is 12.2. The minimum absolute atomic E-state index is 0.206. The fourth-order valence-corrected chi connectivity index (χ4v) is 4.98. The summed E-state index contributed by atoms with van der Waals surface area (Å²) >= 11 is 1.52. The highest BCUT2D eigenvalue weighted by Crippen LogP contribution is 2.45. The van der Waals surface area contributed by atoms with E-state index in [4.69, 9.17) is 11.5 Å². The molecule has 25 heavy (non-hydrogen) atoms. The predicted molar refractivity (Wildman–Crippen MR) is 99.6 cm³/mol. The van der Waals surface area contributed by atoms with E-state index in [1.54, 1.807) is 18.3 Å². The Labute approximate surface area is 151 Å². The van der Waals surface area contributed by atoms with Crippen molar-refractivity contribution in [3.8, 4) is 10.6 Å². The van der Waals surface area contributed by atoms with Crippen LogP contribution in [0.4, 0.5) is 0 Å². The monoisotopic (exact) mass is 357 g/mol. The Kier molecular flexibility index (Phi) is 4.41. The highest BCUT2D eigenvalue weighted by molar-refractivity contribution is 7.16. The van der Waals surface area contributed by atoms with E-state index in [0.717, 1.165) is 24.8 Å². The molecule has 132 valence electrons. The third-order valence-electron chi connectivity index (χ3n) is 5.02. The van der Waals surface area contributed by atoms with Crippen LogP contribution in [0.3, 0.4) is 0 Å². The van der Waals surface area contributed by atoms with Gasteiger partial charge in [-0.1, -0.05) is 20.8 Å². The number of carbonyl (C=O) groups is 2. The molecule has 1 aliphatic carbocycles. The number of carbonyl (C=O) groups excluding carboxylic acids is 2. The first kappa shape index (κ1) is 17.6. The number of hydrogen-bond donors (Lipinski definition) is 2. The second kappa shape index (κ2) is 6.26. The lowest BCUT2D eigenvalue weighted by molar-refractivity contribution is 0.0990. The number of amides is 2. The lowest BCUT2D eigenvalue weighted by Crippen LogP contribution is -2.27. The zero-order valence-electron chi connectivity index (χ0n) is 14.8. The molecule has 0 spiro atoms. The lowest BCUT2D eigenvalue weighted by Gasteiger charge is -2.33. The average molecular weight is 357 g/mol. The van der Waals surface area contributed by atoms with Crippen LogP contribution in [0.1, 0.15) is 58.3 Å². The number of thiophene rings is 1. The number of nitrogens with zero attached hydrogens (tertiary/aromatic N) is 1. The van der Waals surface area contributed by atoms with Crippen LogP contribution in [0, 0.1) is 11.3 Å². The topological polar surface area (TPSA) is 99.1 Å². The van der Waals surface area contributed by atoms with Gasteiger partial charge >= 0.3 is 0 Å². The number of nitrogens with two attached hydrogens (primary N) is 2. The number of rotatable bonds is 3. The molecule has 1 unspecified atom stereocenters. The molecule has 5 nitrogen and oxygen atoms in total. The lowest BCUT2D eigenvalue weighted by atomic mass is 9.72. The van der Waals surface area contributed by atoms with Crippen LogP contribution in [0.25, 0.3) is 10.6 Å². The number of primary amides is 2. The SMILES string of the molecule is CC(C)(C)C1CCc2c(sc(-c3ncccc3C(N)=O)c2C(N)=O)C1. The van der Waals surface area contributed by atoms with Crippen LogP contribution in [0.15, 0.2) is 18.3 Å². The van der Waals surface area contributed by atoms with Gasteiger partial charge in [-0.15, -0.1) is 11.3 Å². The molecule has 0 bridgehead atoms. The van der Waals surface area contributed by atoms with E-state index in [9.17, 15) is 9.59 Å². The van der Waals surface area contributed by atoms with Gasteiger partial charge in [-0.3, -0.25) is 14.6 Å². The van der Waals surface area contributed by atoms with Crippen molar-refractivity contribution in [3.05, 3.63) is 39.9 Å². The van der Waals surface area contributed by atoms with Gasteiger partial charge in [0.1, 0.15) is 0 Å². The Morgan fingerprint density at radius 1 is 1.24 bits per heavy atom.